The SMILES string of the molecule is C[C@H]1COCCN1CCO[C@H]1/C=C/CCN(C)C(=O)C[C@](O)(C(=O)O)c2ccc3c(c2)N(C[C@@H]2CC[C@H]21)C[C@@]1(CCCc2cc(Cl)ccc21)CO3. The normalized spacial score (nSPS) is 32.3. The molecule has 276 valence electrons. The average Bonchev–Trinajstić information content (AvgIpc) is 3.25. The van der Waals surface area contributed by atoms with E-state index in [0.717, 1.165) is 75.7 Å². The molecule has 0 aromatic heterocycles. The van der Waals surface area contributed by atoms with Crippen molar-refractivity contribution in [2.75, 3.05) is 71.1 Å². The Labute approximate surface area is 306 Å². The van der Waals surface area contributed by atoms with Gasteiger partial charge in [0.15, 0.2) is 5.60 Å². The van der Waals surface area contributed by atoms with Crippen LogP contribution in [-0.4, -0.2) is 110 Å². The monoisotopic (exact) mass is 721 g/mol. The molecule has 10 nitrogen and oxygen atoms in total. The number of amides is 1. The van der Waals surface area contributed by atoms with Crippen LogP contribution in [0.15, 0.2) is 48.6 Å². The summed E-state index contributed by atoms with van der Waals surface area (Å²) in [7, 11) is 1.66. The van der Waals surface area contributed by atoms with E-state index < -0.39 is 23.9 Å². The van der Waals surface area contributed by atoms with Crippen molar-refractivity contribution >= 4 is 29.2 Å². The van der Waals surface area contributed by atoms with Crippen molar-refractivity contribution in [2.45, 2.75) is 75.0 Å². The summed E-state index contributed by atoms with van der Waals surface area (Å²) < 4.78 is 19.0. The summed E-state index contributed by atoms with van der Waals surface area (Å²) in [5.41, 5.74) is 0.720. The third kappa shape index (κ3) is 7.40. The van der Waals surface area contributed by atoms with Crippen LogP contribution in [0.4, 0.5) is 5.69 Å². The number of aliphatic carboxylic acids is 1. The fourth-order valence-corrected chi connectivity index (χ4v) is 9.10. The molecule has 1 amide bonds. The zero-order valence-corrected chi connectivity index (χ0v) is 30.7. The van der Waals surface area contributed by atoms with Gasteiger partial charge < -0.3 is 34.2 Å². The van der Waals surface area contributed by atoms with E-state index in [4.69, 9.17) is 25.8 Å². The molecule has 0 unspecified atom stereocenters. The molecule has 2 aromatic carbocycles. The molecule has 1 saturated carbocycles. The first kappa shape index (κ1) is 36.2. The van der Waals surface area contributed by atoms with E-state index >= 15 is 0 Å². The van der Waals surface area contributed by atoms with E-state index in [2.05, 4.69) is 41.0 Å². The molecule has 2 aliphatic carbocycles. The van der Waals surface area contributed by atoms with Crippen molar-refractivity contribution in [3.8, 4) is 5.75 Å². The van der Waals surface area contributed by atoms with Crippen LogP contribution in [0.3, 0.4) is 0 Å². The van der Waals surface area contributed by atoms with E-state index in [-0.39, 0.29) is 17.1 Å². The number of carbonyl (C=O) groups is 2. The molecule has 2 bridgehead atoms. The van der Waals surface area contributed by atoms with Crippen molar-refractivity contribution in [2.24, 2.45) is 11.8 Å². The van der Waals surface area contributed by atoms with Gasteiger partial charge >= 0.3 is 5.97 Å². The molecule has 2 fully saturated rings. The predicted molar refractivity (Wildman–Crippen MR) is 196 cm³/mol. The number of carbonyl (C=O) groups excluding carboxylic acids is 1. The summed E-state index contributed by atoms with van der Waals surface area (Å²) in [4.78, 5) is 32.4. The Hall–Kier alpha value is -3.15. The maximum Gasteiger partial charge on any atom is 0.340 e. The number of benzene rings is 2. The Morgan fingerprint density at radius 1 is 1.16 bits per heavy atom. The van der Waals surface area contributed by atoms with Gasteiger partial charge in [-0.15, -0.1) is 0 Å². The second-order valence-corrected chi connectivity index (χ2v) is 15.9. The number of rotatable bonds is 5. The van der Waals surface area contributed by atoms with Crippen LogP contribution in [-0.2, 0) is 36.5 Å². The Morgan fingerprint density at radius 3 is 2.80 bits per heavy atom. The van der Waals surface area contributed by atoms with Gasteiger partial charge in [-0.25, -0.2) is 4.79 Å². The summed E-state index contributed by atoms with van der Waals surface area (Å²) in [6.07, 6.45) is 9.25. The third-order valence-corrected chi connectivity index (χ3v) is 12.4. The molecule has 3 heterocycles. The number of nitrogens with zero attached hydrogens (tertiary/aromatic N) is 3. The van der Waals surface area contributed by atoms with Gasteiger partial charge in [0, 0.05) is 56.3 Å². The number of carboxylic acids is 1. The van der Waals surface area contributed by atoms with Crippen molar-refractivity contribution in [1.29, 1.82) is 0 Å². The van der Waals surface area contributed by atoms with Crippen molar-refractivity contribution in [3.05, 3.63) is 70.3 Å². The number of ether oxygens (including phenoxy) is 3. The second-order valence-electron chi connectivity index (χ2n) is 15.5. The van der Waals surface area contributed by atoms with Gasteiger partial charge in [-0.2, -0.15) is 0 Å². The molecule has 51 heavy (non-hydrogen) atoms. The smallest absolute Gasteiger partial charge is 0.340 e. The number of fused-ring (bicyclic) bond motifs is 4. The molecule has 11 heteroatoms. The Kier molecular flexibility index (Phi) is 10.7. The summed E-state index contributed by atoms with van der Waals surface area (Å²) in [5, 5.41) is 22.8. The molecule has 2 aromatic rings. The number of aliphatic hydroxyl groups is 1. The first-order valence-electron chi connectivity index (χ1n) is 18.7. The topological polar surface area (TPSA) is 112 Å². The molecule has 1 spiro atoms. The zero-order valence-electron chi connectivity index (χ0n) is 29.9. The predicted octanol–water partition coefficient (Wildman–Crippen LogP) is 5.03. The van der Waals surface area contributed by atoms with Gasteiger partial charge in [0.1, 0.15) is 5.75 Å². The van der Waals surface area contributed by atoms with Crippen LogP contribution in [0.2, 0.25) is 5.02 Å². The standard InChI is InChI=1S/C40H52ClN3O7/c1-27-24-49-18-16-43(27)17-19-50-35-7-3-4-15-42(2)37(45)22-40(48,38(46)47)30-9-13-36-34(21-30)44(23-29-8-11-32(29)35)25-39(26-51-36)14-5-6-28-20-31(41)10-12-33(28)39/h3,7,9-10,12-13,20-21,27,29,32,35,48H,4-6,8,11,14-19,22-26H2,1-2H3,(H,46,47)/b7-3+/t27-,29-,32+,35-,39-,40+/m0/s1. The minimum Gasteiger partial charge on any atom is -0.490 e. The van der Waals surface area contributed by atoms with Crippen molar-refractivity contribution in [3.63, 3.8) is 0 Å². The molecule has 0 radical (unpaired) electrons. The molecule has 6 atom stereocenters. The second kappa shape index (κ2) is 15.1. The molecular formula is C40H52ClN3O7. The summed E-state index contributed by atoms with van der Waals surface area (Å²) in [5.74, 6) is -0.608. The average molecular weight is 722 g/mol. The highest BCUT2D eigenvalue weighted by atomic mass is 35.5. The first-order chi connectivity index (χ1) is 24.6. The van der Waals surface area contributed by atoms with Crippen LogP contribution >= 0.6 is 11.6 Å². The van der Waals surface area contributed by atoms with Crippen LogP contribution in [0.5, 0.6) is 5.75 Å². The minimum absolute atomic E-state index is 0.0633. The van der Waals surface area contributed by atoms with Gasteiger partial charge in [-0.3, -0.25) is 9.69 Å². The maximum absolute atomic E-state index is 13.4. The van der Waals surface area contributed by atoms with Gasteiger partial charge in [0.05, 0.1) is 44.6 Å². The highest BCUT2D eigenvalue weighted by Gasteiger charge is 2.46. The Morgan fingerprint density at radius 2 is 2.02 bits per heavy atom. The number of hydrogen-bond donors (Lipinski definition) is 2. The molecular weight excluding hydrogens is 670 g/mol. The van der Waals surface area contributed by atoms with E-state index in [1.807, 2.05) is 6.07 Å². The van der Waals surface area contributed by atoms with Crippen molar-refractivity contribution < 1.29 is 34.0 Å². The fraction of sp³-hybridized carbons (Fsp3) is 0.600. The van der Waals surface area contributed by atoms with Crippen LogP contribution in [0, 0.1) is 11.8 Å². The quantitative estimate of drug-likeness (QED) is 0.411. The number of aryl methyl sites for hydroxylation is 1. The number of carboxylic acid groups (broad SMARTS) is 1. The third-order valence-electron chi connectivity index (χ3n) is 12.2. The highest BCUT2D eigenvalue weighted by molar-refractivity contribution is 6.30. The minimum atomic E-state index is -2.40. The lowest BCUT2D eigenvalue weighted by molar-refractivity contribution is -0.164. The summed E-state index contributed by atoms with van der Waals surface area (Å²) in [6.45, 7) is 8.34. The number of hydrogen-bond acceptors (Lipinski definition) is 8. The van der Waals surface area contributed by atoms with Gasteiger partial charge in [0.2, 0.25) is 5.91 Å². The first-order valence-corrected chi connectivity index (χ1v) is 19.1. The van der Waals surface area contributed by atoms with E-state index in [1.165, 1.54) is 16.0 Å². The van der Waals surface area contributed by atoms with Crippen LogP contribution < -0.4 is 9.64 Å². The lowest BCUT2D eigenvalue weighted by Crippen LogP contribution is -2.50. The summed E-state index contributed by atoms with van der Waals surface area (Å²) in [6, 6.07) is 11.7. The van der Waals surface area contributed by atoms with Crippen LogP contribution in [0.25, 0.3) is 0 Å². The van der Waals surface area contributed by atoms with E-state index in [1.54, 1.807) is 25.2 Å². The fourth-order valence-electron chi connectivity index (χ4n) is 8.91. The van der Waals surface area contributed by atoms with Gasteiger partial charge in [-0.1, -0.05) is 35.9 Å². The van der Waals surface area contributed by atoms with Gasteiger partial charge in [0.25, 0.3) is 0 Å². The zero-order chi connectivity index (χ0) is 35.8. The lowest BCUT2D eigenvalue weighted by atomic mass is 9.68. The highest BCUT2D eigenvalue weighted by Crippen LogP contribution is 2.48. The summed E-state index contributed by atoms with van der Waals surface area (Å²) >= 11 is 6.47. The molecule has 3 aliphatic heterocycles. The number of morpholine rings is 1. The number of anilines is 1. The van der Waals surface area contributed by atoms with Gasteiger partial charge in [-0.05, 0) is 98.2 Å². The Balaban J connectivity index is 1.24. The largest absolute Gasteiger partial charge is 0.490 e. The molecule has 1 saturated heterocycles. The molecule has 2 N–H and O–H groups in total. The maximum atomic E-state index is 13.4. The van der Waals surface area contributed by atoms with E-state index in [9.17, 15) is 19.8 Å². The van der Waals surface area contributed by atoms with E-state index in [0.29, 0.717) is 56.4 Å². The Bertz CT molecular complexity index is 1640. The lowest BCUT2D eigenvalue weighted by Gasteiger charge is -2.46. The van der Waals surface area contributed by atoms with Crippen LogP contribution in [0.1, 0.15) is 62.1 Å². The van der Waals surface area contributed by atoms with Crippen molar-refractivity contribution in [1.82, 2.24) is 9.80 Å². The number of halogens is 1. The molecule has 7 rings (SSSR count). The molecule has 5 aliphatic rings.